The number of aromatic nitrogens is 2. The third-order valence-corrected chi connectivity index (χ3v) is 3.35. The van der Waals surface area contributed by atoms with Crippen LogP contribution >= 0.6 is 0 Å². The average Bonchev–Trinajstić information content (AvgIpc) is 2.48. The highest BCUT2D eigenvalue weighted by molar-refractivity contribution is 5.47. The molecule has 6 heteroatoms. The first kappa shape index (κ1) is 15.0. The molecule has 1 aliphatic heterocycles. The summed E-state index contributed by atoms with van der Waals surface area (Å²) in [7, 11) is 1.88. The van der Waals surface area contributed by atoms with Gasteiger partial charge in [-0.05, 0) is 0 Å². The summed E-state index contributed by atoms with van der Waals surface area (Å²) >= 11 is 0. The number of ether oxygens (including phenoxy) is 1. The van der Waals surface area contributed by atoms with E-state index in [1.165, 1.54) is 0 Å². The van der Waals surface area contributed by atoms with E-state index in [1.54, 1.807) is 0 Å². The third kappa shape index (κ3) is 4.31. The fraction of sp³-hybridized carbons (Fsp3) is 0.714. The zero-order chi connectivity index (χ0) is 14.4. The van der Waals surface area contributed by atoms with E-state index < -0.39 is 0 Å². The van der Waals surface area contributed by atoms with Gasteiger partial charge in [0, 0.05) is 45.2 Å². The Bertz CT molecular complexity index is 418. The Labute approximate surface area is 120 Å². The Morgan fingerprint density at radius 3 is 2.60 bits per heavy atom. The number of morpholine rings is 1. The van der Waals surface area contributed by atoms with Gasteiger partial charge in [-0.3, -0.25) is 4.90 Å². The largest absolute Gasteiger partial charge is 0.379 e. The van der Waals surface area contributed by atoms with E-state index in [-0.39, 0.29) is 0 Å². The Morgan fingerprint density at radius 2 is 1.95 bits per heavy atom. The summed E-state index contributed by atoms with van der Waals surface area (Å²) in [5, 5.41) is 6.47. The lowest BCUT2D eigenvalue weighted by Crippen LogP contribution is -2.39. The molecule has 0 atom stereocenters. The highest BCUT2D eigenvalue weighted by Crippen LogP contribution is 2.16. The highest BCUT2D eigenvalue weighted by Gasteiger charge is 2.10. The molecule has 1 saturated heterocycles. The molecule has 0 radical (unpaired) electrons. The molecular formula is C14H25N5O. The highest BCUT2D eigenvalue weighted by atomic mass is 16.5. The molecule has 1 aromatic heterocycles. The Morgan fingerprint density at radius 1 is 1.25 bits per heavy atom. The minimum absolute atomic E-state index is 0.322. The van der Waals surface area contributed by atoms with Crippen molar-refractivity contribution in [3.8, 4) is 0 Å². The van der Waals surface area contributed by atoms with Gasteiger partial charge in [-0.2, -0.15) is 0 Å². The van der Waals surface area contributed by atoms with Gasteiger partial charge in [0.1, 0.15) is 17.5 Å². The van der Waals surface area contributed by atoms with Crippen LogP contribution in [0.4, 0.5) is 11.6 Å². The van der Waals surface area contributed by atoms with E-state index in [2.05, 4.69) is 39.3 Å². The van der Waals surface area contributed by atoms with E-state index in [0.29, 0.717) is 5.92 Å². The SMILES string of the molecule is CNc1cc(NCCN2CCOCC2)nc(C(C)C)n1. The molecule has 0 aliphatic carbocycles. The van der Waals surface area contributed by atoms with E-state index in [9.17, 15) is 0 Å². The summed E-state index contributed by atoms with van der Waals surface area (Å²) in [6, 6.07) is 1.95. The van der Waals surface area contributed by atoms with Crippen LogP contribution in [0.5, 0.6) is 0 Å². The first-order chi connectivity index (χ1) is 9.69. The summed E-state index contributed by atoms with van der Waals surface area (Å²) in [4.78, 5) is 11.4. The minimum atomic E-state index is 0.322. The zero-order valence-corrected chi connectivity index (χ0v) is 12.6. The lowest BCUT2D eigenvalue weighted by Gasteiger charge is -2.26. The van der Waals surface area contributed by atoms with E-state index in [1.807, 2.05) is 13.1 Å². The number of nitrogens with zero attached hydrogens (tertiary/aromatic N) is 3. The van der Waals surface area contributed by atoms with Crippen LogP contribution in [0.1, 0.15) is 25.6 Å². The average molecular weight is 279 g/mol. The van der Waals surface area contributed by atoms with Crippen LogP contribution in [0.15, 0.2) is 6.07 Å². The second-order valence-corrected chi connectivity index (χ2v) is 5.28. The molecule has 0 amide bonds. The molecule has 1 fully saturated rings. The van der Waals surface area contributed by atoms with Gasteiger partial charge in [0.15, 0.2) is 0 Å². The van der Waals surface area contributed by atoms with E-state index in [0.717, 1.165) is 56.9 Å². The van der Waals surface area contributed by atoms with Crippen LogP contribution in [0.25, 0.3) is 0 Å². The summed E-state index contributed by atoms with van der Waals surface area (Å²) < 4.78 is 5.35. The third-order valence-electron chi connectivity index (χ3n) is 3.35. The van der Waals surface area contributed by atoms with Crippen molar-refractivity contribution in [1.82, 2.24) is 14.9 Å². The van der Waals surface area contributed by atoms with Gasteiger partial charge in [-0.1, -0.05) is 13.8 Å². The monoisotopic (exact) mass is 279 g/mol. The number of hydrogen-bond donors (Lipinski definition) is 2. The van der Waals surface area contributed by atoms with Gasteiger partial charge in [0.05, 0.1) is 13.2 Å². The Kier molecular flexibility index (Phi) is 5.55. The minimum Gasteiger partial charge on any atom is -0.379 e. The van der Waals surface area contributed by atoms with Gasteiger partial charge >= 0.3 is 0 Å². The molecule has 0 unspecified atom stereocenters. The quantitative estimate of drug-likeness (QED) is 0.820. The molecule has 0 spiro atoms. The maximum atomic E-state index is 5.35. The van der Waals surface area contributed by atoms with Crippen LogP contribution < -0.4 is 10.6 Å². The molecule has 0 bridgehead atoms. The number of anilines is 2. The number of nitrogens with one attached hydrogen (secondary N) is 2. The second-order valence-electron chi connectivity index (χ2n) is 5.28. The maximum absolute atomic E-state index is 5.35. The first-order valence-electron chi connectivity index (χ1n) is 7.29. The molecule has 1 aliphatic rings. The molecule has 2 N–H and O–H groups in total. The number of hydrogen-bond acceptors (Lipinski definition) is 6. The van der Waals surface area contributed by atoms with Gasteiger partial charge in [-0.25, -0.2) is 9.97 Å². The van der Waals surface area contributed by atoms with E-state index in [4.69, 9.17) is 4.74 Å². The lowest BCUT2D eigenvalue weighted by molar-refractivity contribution is 0.0398. The van der Waals surface area contributed by atoms with Crippen molar-refractivity contribution in [3.63, 3.8) is 0 Å². The van der Waals surface area contributed by atoms with Crippen LogP contribution in [0.2, 0.25) is 0 Å². The zero-order valence-electron chi connectivity index (χ0n) is 12.6. The van der Waals surface area contributed by atoms with Crippen molar-refractivity contribution >= 4 is 11.6 Å². The second kappa shape index (κ2) is 7.40. The Hall–Kier alpha value is -1.40. The summed E-state index contributed by atoms with van der Waals surface area (Å²) in [6.07, 6.45) is 0. The first-order valence-corrected chi connectivity index (χ1v) is 7.29. The molecule has 1 aromatic rings. The van der Waals surface area contributed by atoms with Crippen LogP contribution in [-0.4, -0.2) is 61.3 Å². The van der Waals surface area contributed by atoms with Crippen LogP contribution in [-0.2, 0) is 4.74 Å². The molecule has 2 rings (SSSR count). The van der Waals surface area contributed by atoms with E-state index >= 15 is 0 Å². The Balaban J connectivity index is 1.89. The fourth-order valence-electron chi connectivity index (χ4n) is 2.11. The van der Waals surface area contributed by atoms with Gasteiger partial charge in [0.25, 0.3) is 0 Å². The van der Waals surface area contributed by atoms with Crippen molar-refractivity contribution in [1.29, 1.82) is 0 Å². The standard InChI is InChI=1S/C14H25N5O/c1-11(2)14-17-12(15-3)10-13(18-14)16-4-5-19-6-8-20-9-7-19/h10-11H,4-9H2,1-3H3,(H2,15,16,17,18). The predicted octanol–water partition coefficient (Wildman–Crippen LogP) is 1.39. The summed E-state index contributed by atoms with van der Waals surface area (Å²) in [5.41, 5.74) is 0. The summed E-state index contributed by atoms with van der Waals surface area (Å²) in [5.74, 6) is 2.94. The molecule has 20 heavy (non-hydrogen) atoms. The fourth-order valence-corrected chi connectivity index (χ4v) is 2.11. The van der Waals surface area contributed by atoms with Crippen LogP contribution in [0.3, 0.4) is 0 Å². The molecule has 112 valence electrons. The molecule has 2 heterocycles. The normalized spacial score (nSPS) is 16.4. The molecule has 0 saturated carbocycles. The smallest absolute Gasteiger partial charge is 0.135 e. The molecule has 6 nitrogen and oxygen atoms in total. The number of rotatable bonds is 6. The topological polar surface area (TPSA) is 62.3 Å². The lowest BCUT2D eigenvalue weighted by atomic mass is 10.2. The van der Waals surface area contributed by atoms with Crippen molar-refractivity contribution in [2.24, 2.45) is 0 Å². The summed E-state index contributed by atoms with van der Waals surface area (Å²) in [6.45, 7) is 9.83. The molecule has 0 aromatic carbocycles. The van der Waals surface area contributed by atoms with Crippen molar-refractivity contribution < 1.29 is 4.74 Å². The van der Waals surface area contributed by atoms with Gasteiger partial charge in [0.2, 0.25) is 0 Å². The van der Waals surface area contributed by atoms with Gasteiger partial charge in [-0.15, -0.1) is 0 Å². The van der Waals surface area contributed by atoms with Crippen molar-refractivity contribution in [3.05, 3.63) is 11.9 Å². The maximum Gasteiger partial charge on any atom is 0.135 e. The molecular weight excluding hydrogens is 254 g/mol. The van der Waals surface area contributed by atoms with Gasteiger partial charge < -0.3 is 15.4 Å². The van der Waals surface area contributed by atoms with Crippen molar-refractivity contribution in [2.75, 3.05) is 57.1 Å². The van der Waals surface area contributed by atoms with Crippen LogP contribution in [0, 0.1) is 0 Å². The van der Waals surface area contributed by atoms with Crippen molar-refractivity contribution in [2.45, 2.75) is 19.8 Å². The predicted molar refractivity (Wildman–Crippen MR) is 81.4 cm³/mol.